The fraction of sp³-hybridized carbons (Fsp3) is 1.00. The van der Waals surface area contributed by atoms with Gasteiger partial charge in [-0.2, -0.15) is 0 Å². The van der Waals surface area contributed by atoms with Gasteiger partial charge in [0, 0.05) is 6.04 Å². The van der Waals surface area contributed by atoms with Crippen LogP contribution in [0.25, 0.3) is 0 Å². The smallest absolute Gasteiger partial charge is 0.0634 e. The summed E-state index contributed by atoms with van der Waals surface area (Å²) in [5.74, 6) is 0. The van der Waals surface area contributed by atoms with E-state index in [1.165, 1.54) is 6.42 Å². The van der Waals surface area contributed by atoms with E-state index in [9.17, 15) is 5.11 Å². The van der Waals surface area contributed by atoms with Gasteiger partial charge in [0.15, 0.2) is 0 Å². The highest BCUT2D eigenvalue weighted by Crippen LogP contribution is 2.29. The Bertz CT molecular complexity index is 132. The van der Waals surface area contributed by atoms with Crippen LogP contribution in [-0.2, 0) is 0 Å². The van der Waals surface area contributed by atoms with Crippen molar-refractivity contribution < 1.29 is 5.11 Å². The van der Waals surface area contributed by atoms with Crippen LogP contribution < -0.4 is 0 Å². The fourth-order valence-electron chi connectivity index (χ4n) is 1.87. The van der Waals surface area contributed by atoms with Crippen LogP contribution in [-0.4, -0.2) is 35.7 Å². The Labute approximate surface area is 69.2 Å². The third-order valence-electron chi connectivity index (χ3n) is 2.66. The van der Waals surface area contributed by atoms with Crippen molar-refractivity contribution in [2.24, 2.45) is 0 Å². The zero-order valence-corrected chi connectivity index (χ0v) is 7.80. The van der Waals surface area contributed by atoms with E-state index in [1.807, 2.05) is 6.92 Å². The molecule has 1 aliphatic rings. The molecule has 66 valence electrons. The van der Waals surface area contributed by atoms with Crippen molar-refractivity contribution in [3.05, 3.63) is 0 Å². The first kappa shape index (κ1) is 9.01. The SMILES string of the molecule is CN(C)C1CCCC(C)(O)C1. The molecule has 0 bridgehead atoms. The molecule has 2 heteroatoms. The molecule has 0 aromatic carbocycles. The molecule has 0 heterocycles. The molecule has 0 amide bonds. The minimum Gasteiger partial charge on any atom is -0.390 e. The lowest BCUT2D eigenvalue weighted by atomic mass is 9.83. The minimum absolute atomic E-state index is 0.410. The molecule has 1 rings (SSSR count). The highest BCUT2D eigenvalue weighted by molar-refractivity contribution is 4.85. The Balaban J connectivity index is 2.46. The Morgan fingerprint density at radius 1 is 1.45 bits per heavy atom. The fourth-order valence-corrected chi connectivity index (χ4v) is 1.87. The second-order valence-electron chi connectivity index (χ2n) is 4.21. The Morgan fingerprint density at radius 3 is 2.45 bits per heavy atom. The van der Waals surface area contributed by atoms with Gasteiger partial charge in [0.2, 0.25) is 0 Å². The van der Waals surface area contributed by atoms with Gasteiger partial charge < -0.3 is 10.0 Å². The molecule has 2 nitrogen and oxygen atoms in total. The van der Waals surface area contributed by atoms with E-state index in [0.29, 0.717) is 6.04 Å². The molecule has 0 radical (unpaired) electrons. The highest BCUT2D eigenvalue weighted by atomic mass is 16.3. The summed E-state index contributed by atoms with van der Waals surface area (Å²) >= 11 is 0. The van der Waals surface area contributed by atoms with Crippen LogP contribution in [0.3, 0.4) is 0 Å². The molecule has 2 unspecified atom stereocenters. The van der Waals surface area contributed by atoms with Gasteiger partial charge in [0.25, 0.3) is 0 Å². The van der Waals surface area contributed by atoms with Crippen LogP contribution >= 0.6 is 0 Å². The first-order chi connectivity index (χ1) is 5.01. The minimum atomic E-state index is -0.410. The second kappa shape index (κ2) is 3.11. The van der Waals surface area contributed by atoms with Crippen molar-refractivity contribution in [3.63, 3.8) is 0 Å². The average molecular weight is 157 g/mol. The van der Waals surface area contributed by atoms with Crippen LogP contribution in [0.1, 0.15) is 32.6 Å². The first-order valence-corrected chi connectivity index (χ1v) is 4.40. The molecule has 0 aliphatic heterocycles. The monoisotopic (exact) mass is 157 g/mol. The quantitative estimate of drug-likeness (QED) is 0.619. The van der Waals surface area contributed by atoms with E-state index in [2.05, 4.69) is 19.0 Å². The summed E-state index contributed by atoms with van der Waals surface area (Å²) < 4.78 is 0. The van der Waals surface area contributed by atoms with Crippen molar-refractivity contribution in [1.29, 1.82) is 0 Å². The van der Waals surface area contributed by atoms with Crippen LogP contribution in [0.4, 0.5) is 0 Å². The van der Waals surface area contributed by atoms with E-state index >= 15 is 0 Å². The second-order valence-corrected chi connectivity index (χ2v) is 4.21. The average Bonchev–Trinajstić information content (AvgIpc) is 1.85. The first-order valence-electron chi connectivity index (χ1n) is 4.40. The van der Waals surface area contributed by atoms with Gasteiger partial charge in [-0.05, 0) is 46.7 Å². The zero-order chi connectivity index (χ0) is 8.48. The molecule has 1 saturated carbocycles. The molecule has 11 heavy (non-hydrogen) atoms. The van der Waals surface area contributed by atoms with Crippen LogP contribution in [0, 0.1) is 0 Å². The predicted octanol–water partition coefficient (Wildman–Crippen LogP) is 1.24. The number of aliphatic hydroxyl groups is 1. The molecular weight excluding hydrogens is 138 g/mol. The number of hydrogen-bond donors (Lipinski definition) is 1. The zero-order valence-electron chi connectivity index (χ0n) is 7.80. The van der Waals surface area contributed by atoms with Crippen LogP contribution in [0.2, 0.25) is 0 Å². The maximum Gasteiger partial charge on any atom is 0.0634 e. The molecule has 2 atom stereocenters. The predicted molar refractivity (Wildman–Crippen MR) is 46.6 cm³/mol. The van der Waals surface area contributed by atoms with Gasteiger partial charge in [0.1, 0.15) is 0 Å². The van der Waals surface area contributed by atoms with E-state index in [4.69, 9.17) is 0 Å². The number of rotatable bonds is 1. The summed E-state index contributed by atoms with van der Waals surface area (Å²) in [4.78, 5) is 2.22. The molecule has 0 saturated heterocycles. The highest BCUT2D eigenvalue weighted by Gasteiger charge is 2.30. The summed E-state index contributed by atoms with van der Waals surface area (Å²) in [5, 5.41) is 9.77. The number of nitrogens with zero attached hydrogens (tertiary/aromatic N) is 1. The largest absolute Gasteiger partial charge is 0.390 e. The summed E-state index contributed by atoms with van der Waals surface area (Å²) in [6.07, 6.45) is 4.30. The molecule has 0 aromatic heterocycles. The van der Waals surface area contributed by atoms with Gasteiger partial charge in [-0.3, -0.25) is 0 Å². The number of hydrogen-bond acceptors (Lipinski definition) is 2. The van der Waals surface area contributed by atoms with Gasteiger partial charge >= 0.3 is 0 Å². The molecule has 1 N–H and O–H groups in total. The molecule has 1 fully saturated rings. The third kappa shape index (κ3) is 2.46. The standard InChI is InChI=1S/C9H19NO/c1-9(11)6-4-5-8(7-9)10(2)3/h8,11H,4-7H2,1-3H3. The topological polar surface area (TPSA) is 23.5 Å². The van der Waals surface area contributed by atoms with E-state index in [0.717, 1.165) is 19.3 Å². The summed E-state index contributed by atoms with van der Waals surface area (Å²) in [7, 11) is 4.18. The lowest BCUT2D eigenvalue weighted by molar-refractivity contribution is -0.00698. The molecule has 0 aromatic rings. The van der Waals surface area contributed by atoms with Crippen molar-refractivity contribution >= 4 is 0 Å². The normalized spacial score (nSPS) is 39.5. The van der Waals surface area contributed by atoms with Crippen molar-refractivity contribution in [3.8, 4) is 0 Å². The summed E-state index contributed by atoms with van der Waals surface area (Å²) in [6, 6.07) is 0.582. The van der Waals surface area contributed by atoms with E-state index in [1.54, 1.807) is 0 Å². The Morgan fingerprint density at radius 2 is 2.09 bits per heavy atom. The van der Waals surface area contributed by atoms with Gasteiger partial charge in [0.05, 0.1) is 5.60 Å². The van der Waals surface area contributed by atoms with Gasteiger partial charge in [-0.25, -0.2) is 0 Å². The van der Waals surface area contributed by atoms with Gasteiger partial charge in [-0.1, -0.05) is 0 Å². The van der Waals surface area contributed by atoms with Gasteiger partial charge in [-0.15, -0.1) is 0 Å². The third-order valence-corrected chi connectivity index (χ3v) is 2.66. The summed E-state index contributed by atoms with van der Waals surface area (Å²) in [5.41, 5.74) is -0.410. The lowest BCUT2D eigenvalue weighted by Crippen LogP contribution is -2.41. The lowest BCUT2D eigenvalue weighted by Gasteiger charge is -2.37. The van der Waals surface area contributed by atoms with E-state index in [-0.39, 0.29) is 0 Å². The Hall–Kier alpha value is -0.0800. The molecule has 0 spiro atoms. The maximum atomic E-state index is 9.77. The molecule has 1 aliphatic carbocycles. The Kier molecular flexibility index (Phi) is 2.55. The van der Waals surface area contributed by atoms with Crippen LogP contribution in [0.5, 0.6) is 0 Å². The molecular formula is C9H19NO. The van der Waals surface area contributed by atoms with Crippen molar-refractivity contribution in [1.82, 2.24) is 4.90 Å². The van der Waals surface area contributed by atoms with Crippen molar-refractivity contribution in [2.75, 3.05) is 14.1 Å². The maximum absolute atomic E-state index is 9.77. The van der Waals surface area contributed by atoms with E-state index < -0.39 is 5.60 Å². The van der Waals surface area contributed by atoms with Crippen LogP contribution in [0.15, 0.2) is 0 Å². The summed E-state index contributed by atoms with van der Waals surface area (Å²) in [6.45, 7) is 1.95. The van der Waals surface area contributed by atoms with Crippen molar-refractivity contribution in [2.45, 2.75) is 44.2 Å².